The normalized spacial score (nSPS) is 33.7. The van der Waals surface area contributed by atoms with Crippen LogP contribution in [0.15, 0.2) is 12.7 Å². The van der Waals surface area contributed by atoms with E-state index in [1.165, 1.54) is 6.42 Å². The summed E-state index contributed by atoms with van der Waals surface area (Å²) in [5.74, 6) is 1.01. The van der Waals surface area contributed by atoms with Crippen LogP contribution in [0, 0.1) is 17.8 Å². The Balaban J connectivity index is 1.75. The number of carboxylic acid groups (broad SMARTS) is 1. The molecule has 1 unspecified atom stereocenters. The maximum atomic E-state index is 10.4. The molecule has 19 heavy (non-hydrogen) atoms. The minimum atomic E-state index is -1.18. The Morgan fingerprint density at radius 3 is 3.00 bits per heavy atom. The number of unbranched alkanes of at least 4 members (excludes halogenated alkanes) is 1. The molecular weight excluding hydrogens is 246 g/mol. The monoisotopic (exact) mass is 269 g/mol. The maximum absolute atomic E-state index is 10.4. The third-order valence-electron chi connectivity index (χ3n) is 4.22. The van der Waals surface area contributed by atoms with E-state index < -0.39 is 12.4 Å². The van der Waals surface area contributed by atoms with E-state index in [2.05, 4.69) is 11.9 Å². The van der Waals surface area contributed by atoms with E-state index >= 15 is 0 Å². The van der Waals surface area contributed by atoms with Gasteiger partial charge in [0.05, 0.1) is 12.6 Å². The molecule has 0 bridgehead atoms. The van der Waals surface area contributed by atoms with Gasteiger partial charge >= 0.3 is 5.97 Å². The summed E-state index contributed by atoms with van der Waals surface area (Å²) in [6.07, 6.45) is 6.32. The standard InChI is InChI=1S/C14H23NO4/c1-2-3-4-5-10-11-6-9(11)7-12(10)19-14(18)15-8-13(16)17/h2,9-12,14-15,18H,1,3-8H2,(H,16,17)/t9-,10+,11-,12+,14?/m0/s1. The zero-order chi connectivity index (χ0) is 13.8. The molecule has 2 rings (SSSR count). The fourth-order valence-corrected chi connectivity index (χ4v) is 3.26. The SMILES string of the molecule is C=CCCC[C@@H]1[C@H]2C[C@H]2C[C@H]1OC(O)NCC(=O)O. The lowest BCUT2D eigenvalue weighted by Crippen LogP contribution is -2.39. The molecule has 0 aromatic heterocycles. The Labute approximate surface area is 113 Å². The summed E-state index contributed by atoms with van der Waals surface area (Å²) in [6.45, 7) is 3.44. The lowest BCUT2D eigenvalue weighted by atomic mass is 9.94. The number of allylic oxidation sites excluding steroid dienone is 1. The number of carboxylic acids is 1. The van der Waals surface area contributed by atoms with Crippen LogP contribution in [0.4, 0.5) is 0 Å². The summed E-state index contributed by atoms with van der Waals surface area (Å²) >= 11 is 0. The van der Waals surface area contributed by atoms with Gasteiger partial charge in [-0.25, -0.2) is 0 Å². The van der Waals surface area contributed by atoms with Crippen molar-refractivity contribution in [3.8, 4) is 0 Å². The number of ether oxygens (including phenoxy) is 1. The maximum Gasteiger partial charge on any atom is 0.317 e. The number of aliphatic hydroxyl groups excluding tert-OH is 1. The molecule has 0 aromatic rings. The number of aliphatic hydroxyl groups is 1. The van der Waals surface area contributed by atoms with Crippen LogP contribution >= 0.6 is 0 Å². The van der Waals surface area contributed by atoms with Crippen molar-refractivity contribution in [1.82, 2.24) is 5.32 Å². The molecule has 0 spiro atoms. The van der Waals surface area contributed by atoms with Crippen molar-refractivity contribution in [2.45, 2.75) is 44.6 Å². The number of rotatable bonds is 9. The molecule has 5 atom stereocenters. The van der Waals surface area contributed by atoms with Crippen LogP contribution in [0.25, 0.3) is 0 Å². The van der Waals surface area contributed by atoms with E-state index in [-0.39, 0.29) is 12.6 Å². The van der Waals surface area contributed by atoms with E-state index in [0.717, 1.165) is 37.5 Å². The van der Waals surface area contributed by atoms with E-state index in [1.54, 1.807) is 0 Å². The molecule has 0 aliphatic heterocycles. The second kappa shape index (κ2) is 6.50. The quantitative estimate of drug-likeness (QED) is 0.334. The van der Waals surface area contributed by atoms with Gasteiger partial charge in [0.2, 0.25) is 6.41 Å². The molecule has 2 saturated carbocycles. The Bertz CT molecular complexity index is 333. The van der Waals surface area contributed by atoms with Gasteiger partial charge in [0.25, 0.3) is 0 Å². The molecule has 2 fully saturated rings. The first-order chi connectivity index (χ1) is 9.11. The minimum absolute atomic E-state index is 0.0601. The van der Waals surface area contributed by atoms with Gasteiger partial charge in [0.15, 0.2) is 0 Å². The number of aliphatic carboxylic acids is 1. The van der Waals surface area contributed by atoms with Crippen LogP contribution in [0.1, 0.15) is 32.1 Å². The average molecular weight is 269 g/mol. The van der Waals surface area contributed by atoms with Crippen molar-refractivity contribution in [2.75, 3.05) is 6.54 Å². The molecule has 5 heteroatoms. The van der Waals surface area contributed by atoms with Crippen LogP contribution in [-0.4, -0.2) is 35.2 Å². The number of hydrogen-bond acceptors (Lipinski definition) is 4. The zero-order valence-electron chi connectivity index (χ0n) is 11.1. The van der Waals surface area contributed by atoms with Gasteiger partial charge < -0.3 is 14.9 Å². The molecule has 2 aliphatic carbocycles. The van der Waals surface area contributed by atoms with Crippen molar-refractivity contribution in [2.24, 2.45) is 17.8 Å². The third kappa shape index (κ3) is 4.03. The fourth-order valence-electron chi connectivity index (χ4n) is 3.26. The van der Waals surface area contributed by atoms with Crippen LogP contribution in [0.5, 0.6) is 0 Å². The van der Waals surface area contributed by atoms with Gasteiger partial charge in [-0.15, -0.1) is 6.58 Å². The summed E-state index contributed by atoms with van der Waals surface area (Å²) in [7, 11) is 0. The van der Waals surface area contributed by atoms with E-state index in [1.807, 2.05) is 6.08 Å². The Hall–Kier alpha value is -0.910. The summed E-state index contributed by atoms with van der Waals surface area (Å²) in [5.41, 5.74) is 0. The first kappa shape index (κ1) is 14.5. The second-order valence-electron chi connectivity index (χ2n) is 5.58. The van der Waals surface area contributed by atoms with Crippen LogP contribution < -0.4 is 5.32 Å². The molecule has 0 aromatic carbocycles. The first-order valence-electron chi connectivity index (χ1n) is 7.01. The van der Waals surface area contributed by atoms with E-state index in [0.29, 0.717) is 5.92 Å². The number of carbonyl (C=O) groups is 1. The van der Waals surface area contributed by atoms with Crippen molar-refractivity contribution < 1.29 is 19.7 Å². The van der Waals surface area contributed by atoms with E-state index in [4.69, 9.17) is 9.84 Å². The summed E-state index contributed by atoms with van der Waals surface area (Å²) < 4.78 is 5.56. The van der Waals surface area contributed by atoms with Gasteiger partial charge in [0.1, 0.15) is 0 Å². The first-order valence-corrected chi connectivity index (χ1v) is 7.01. The van der Waals surface area contributed by atoms with Gasteiger partial charge in [-0.3, -0.25) is 10.1 Å². The molecule has 0 saturated heterocycles. The smallest absolute Gasteiger partial charge is 0.317 e. The van der Waals surface area contributed by atoms with Crippen molar-refractivity contribution in [3.63, 3.8) is 0 Å². The van der Waals surface area contributed by atoms with Crippen molar-refractivity contribution in [3.05, 3.63) is 12.7 Å². The Kier molecular flexibility index (Phi) is 4.96. The fraction of sp³-hybridized carbons (Fsp3) is 0.786. The largest absolute Gasteiger partial charge is 0.480 e. The summed E-state index contributed by atoms with van der Waals surface area (Å²) in [5, 5.41) is 20.6. The summed E-state index contributed by atoms with van der Waals surface area (Å²) in [4.78, 5) is 10.4. The molecule has 3 N–H and O–H groups in total. The van der Waals surface area contributed by atoms with Gasteiger partial charge in [-0.2, -0.15) is 0 Å². The van der Waals surface area contributed by atoms with Gasteiger partial charge in [-0.1, -0.05) is 6.08 Å². The topological polar surface area (TPSA) is 78.8 Å². The highest BCUT2D eigenvalue weighted by molar-refractivity contribution is 5.68. The number of nitrogens with one attached hydrogen (secondary N) is 1. The number of hydrogen-bond donors (Lipinski definition) is 3. The van der Waals surface area contributed by atoms with E-state index in [9.17, 15) is 9.90 Å². The third-order valence-corrected chi connectivity index (χ3v) is 4.22. The molecule has 108 valence electrons. The van der Waals surface area contributed by atoms with Crippen molar-refractivity contribution >= 4 is 5.97 Å². The Morgan fingerprint density at radius 1 is 1.53 bits per heavy atom. The molecule has 2 aliphatic rings. The lowest BCUT2D eigenvalue weighted by Gasteiger charge is -2.25. The average Bonchev–Trinajstić information content (AvgIpc) is 3.04. The zero-order valence-corrected chi connectivity index (χ0v) is 11.1. The molecule has 0 amide bonds. The van der Waals surface area contributed by atoms with Crippen molar-refractivity contribution in [1.29, 1.82) is 0 Å². The molecular formula is C14H23NO4. The predicted molar refractivity (Wildman–Crippen MR) is 70.3 cm³/mol. The van der Waals surface area contributed by atoms with Gasteiger partial charge in [0, 0.05) is 0 Å². The van der Waals surface area contributed by atoms with Gasteiger partial charge in [-0.05, 0) is 49.9 Å². The predicted octanol–water partition coefficient (Wildman–Crippen LogP) is 1.33. The summed E-state index contributed by atoms with van der Waals surface area (Å²) in [6, 6.07) is 0. The molecule has 0 radical (unpaired) electrons. The highest BCUT2D eigenvalue weighted by atomic mass is 16.6. The Morgan fingerprint density at radius 2 is 2.32 bits per heavy atom. The number of fused-ring (bicyclic) bond motifs is 1. The van der Waals surface area contributed by atoms with Crippen LogP contribution in [-0.2, 0) is 9.53 Å². The lowest BCUT2D eigenvalue weighted by molar-refractivity contribution is -0.170. The molecule has 5 nitrogen and oxygen atoms in total. The second-order valence-corrected chi connectivity index (χ2v) is 5.58. The van der Waals surface area contributed by atoms with Crippen LogP contribution in [0.3, 0.4) is 0 Å². The van der Waals surface area contributed by atoms with Crippen LogP contribution in [0.2, 0.25) is 0 Å². The highest BCUT2D eigenvalue weighted by Crippen LogP contribution is 2.57. The highest BCUT2D eigenvalue weighted by Gasteiger charge is 2.53. The molecule has 0 heterocycles. The minimum Gasteiger partial charge on any atom is -0.480 e.